The van der Waals surface area contributed by atoms with Crippen LogP contribution in [0.1, 0.15) is 0 Å². The molecule has 6 nitrogen and oxygen atoms in total. The summed E-state index contributed by atoms with van der Waals surface area (Å²) in [6.07, 6.45) is 3.64. The van der Waals surface area contributed by atoms with Gasteiger partial charge in [-0.05, 0) is 6.07 Å². The highest BCUT2D eigenvalue weighted by Gasteiger charge is 2.25. The van der Waals surface area contributed by atoms with Gasteiger partial charge in [0.15, 0.2) is 5.82 Å². The number of nitrogens with zero attached hydrogens (tertiary/aromatic N) is 4. The number of imidazole rings is 1. The van der Waals surface area contributed by atoms with E-state index >= 15 is 0 Å². The van der Waals surface area contributed by atoms with Crippen molar-refractivity contribution in [1.29, 1.82) is 0 Å². The Morgan fingerprint density at radius 1 is 1.50 bits per heavy atom. The largest absolute Gasteiger partial charge is 0.377 e. The normalized spacial score (nSPS) is 20.6. The smallest absolute Gasteiger partial charge is 0.157 e. The molecule has 1 aliphatic rings. The average Bonchev–Trinajstić information content (AvgIpc) is 2.81. The van der Waals surface area contributed by atoms with Crippen molar-refractivity contribution in [3.8, 4) is 0 Å². The molecule has 3 rings (SSSR count). The molecule has 0 aromatic carbocycles. The molecule has 0 amide bonds. The molecule has 0 aliphatic carbocycles. The van der Waals surface area contributed by atoms with Gasteiger partial charge >= 0.3 is 0 Å². The van der Waals surface area contributed by atoms with Crippen LogP contribution in [0, 0.1) is 0 Å². The van der Waals surface area contributed by atoms with Crippen LogP contribution in [0.2, 0.25) is 0 Å². The van der Waals surface area contributed by atoms with Crippen LogP contribution in [-0.4, -0.2) is 46.9 Å². The summed E-state index contributed by atoms with van der Waals surface area (Å²) in [7, 11) is 1.98. The number of hydrogen-bond acceptors (Lipinski definition) is 5. The molecule has 6 heteroatoms. The first-order valence-electron chi connectivity index (χ1n) is 6.11. The monoisotopic (exact) mass is 247 g/mol. The van der Waals surface area contributed by atoms with Gasteiger partial charge < -0.3 is 19.9 Å². The van der Waals surface area contributed by atoms with E-state index in [1.807, 2.05) is 30.2 Å². The average molecular weight is 247 g/mol. The standard InChI is InChI=1S/C12H17N5O/c1-16-8-15-11-10(16)2-3-14-12(11)17-4-5-18-7-9(17)6-13/h2-3,8-9H,4-7,13H2,1H3. The lowest BCUT2D eigenvalue weighted by atomic mass is 10.2. The lowest BCUT2D eigenvalue weighted by Crippen LogP contribution is -2.50. The molecular weight excluding hydrogens is 230 g/mol. The zero-order valence-corrected chi connectivity index (χ0v) is 10.4. The summed E-state index contributed by atoms with van der Waals surface area (Å²) in [6, 6.07) is 2.16. The highest BCUT2D eigenvalue weighted by molar-refractivity contribution is 5.86. The van der Waals surface area contributed by atoms with Crippen molar-refractivity contribution in [2.45, 2.75) is 6.04 Å². The molecule has 1 fully saturated rings. The van der Waals surface area contributed by atoms with Crippen LogP contribution >= 0.6 is 0 Å². The Morgan fingerprint density at radius 2 is 2.39 bits per heavy atom. The molecule has 1 aliphatic heterocycles. The van der Waals surface area contributed by atoms with E-state index in [-0.39, 0.29) is 6.04 Å². The molecule has 1 unspecified atom stereocenters. The van der Waals surface area contributed by atoms with Crippen LogP contribution in [-0.2, 0) is 11.8 Å². The van der Waals surface area contributed by atoms with E-state index in [1.54, 1.807) is 0 Å². The van der Waals surface area contributed by atoms with Gasteiger partial charge in [0, 0.05) is 26.3 Å². The molecule has 2 N–H and O–H groups in total. The fraction of sp³-hybridized carbons (Fsp3) is 0.500. The number of morpholine rings is 1. The molecule has 0 saturated carbocycles. The predicted molar refractivity (Wildman–Crippen MR) is 69.5 cm³/mol. The van der Waals surface area contributed by atoms with Gasteiger partial charge in [-0.15, -0.1) is 0 Å². The number of rotatable bonds is 2. The summed E-state index contributed by atoms with van der Waals surface area (Å²) in [5, 5.41) is 0. The summed E-state index contributed by atoms with van der Waals surface area (Å²) < 4.78 is 7.47. The van der Waals surface area contributed by atoms with Gasteiger partial charge in [-0.1, -0.05) is 0 Å². The predicted octanol–water partition coefficient (Wildman–Crippen LogP) is 0.132. The fourth-order valence-corrected chi connectivity index (χ4v) is 2.39. The first-order valence-corrected chi connectivity index (χ1v) is 6.11. The number of hydrogen-bond donors (Lipinski definition) is 1. The SMILES string of the molecule is Cn1cnc2c(N3CCOCC3CN)nccc21. The highest BCUT2D eigenvalue weighted by Crippen LogP contribution is 2.25. The quantitative estimate of drug-likeness (QED) is 0.817. The lowest BCUT2D eigenvalue weighted by Gasteiger charge is -2.35. The molecule has 0 radical (unpaired) electrons. The molecule has 1 saturated heterocycles. The summed E-state index contributed by atoms with van der Waals surface area (Å²) in [6.45, 7) is 2.73. The highest BCUT2D eigenvalue weighted by atomic mass is 16.5. The van der Waals surface area contributed by atoms with Crippen molar-refractivity contribution in [3.63, 3.8) is 0 Å². The first-order chi connectivity index (χ1) is 8.81. The Morgan fingerprint density at radius 3 is 3.22 bits per heavy atom. The van der Waals surface area contributed by atoms with E-state index in [0.29, 0.717) is 19.8 Å². The summed E-state index contributed by atoms with van der Waals surface area (Å²) in [4.78, 5) is 11.1. The molecule has 96 valence electrons. The van der Waals surface area contributed by atoms with Gasteiger partial charge in [0.1, 0.15) is 5.52 Å². The van der Waals surface area contributed by atoms with Gasteiger partial charge in [-0.2, -0.15) is 0 Å². The molecule has 2 aromatic rings. The number of fused-ring (bicyclic) bond motifs is 1. The Balaban J connectivity index is 2.07. The number of aromatic nitrogens is 3. The van der Waals surface area contributed by atoms with Crippen LogP contribution < -0.4 is 10.6 Å². The third kappa shape index (κ3) is 1.74. The molecule has 0 bridgehead atoms. The zero-order chi connectivity index (χ0) is 12.5. The van der Waals surface area contributed by atoms with Gasteiger partial charge in [0.2, 0.25) is 0 Å². The van der Waals surface area contributed by atoms with Gasteiger partial charge in [0.25, 0.3) is 0 Å². The Bertz CT molecular complexity index is 552. The zero-order valence-electron chi connectivity index (χ0n) is 10.4. The van der Waals surface area contributed by atoms with E-state index in [1.165, 1.54) is 0 Å². The minimum absolute atomic E-state index is 0.179. The summed E-state index contributed by atoms with van der Waals surface area (Å²) in [5.74, 6) is 0.909. The Labute approximate surface area is 105 Å². The Hall–Kier alpha value is -1.66. The minimum Gasteiger partial charge on any atom is -0.377 e. The number of aryl methyl sites for hydroxylation is 1. The topological polar surface area (TPSA) is 69.2 Å². The van der Waals surface area contributed by atoms with E-state index in [2.05, 4.69) is 14.9 Å². The molecule has 2 aromatic heterocycles. The van der Waals surface area contributed by atoms with Crippen molar-refractivity contribution < 1.29 is 4.74 Å². The first kappa shape index (κ1) is 11.4. The minimum atomic E-state index is 0.179. The van der Waals surface area contributed by atoms with Crippen LogP contribution in [0.4, 0.5) is 5.82 Å². The number of pyridine rings is 1. The van der Waals surface area contributed by atoms with E-state index in [0.717, 1.165) is 23.4 Å². The Kier molecular flexibility index (Phi) is 2.89. The molecular formula is C12H17N5O. The van der Waals surface area contributed by atoms with Crippen molar-refractivity contribution >= 4 is 16.9 Å². The van der Waals surface area contributed by atoms with Gasteiger partial charge in [0.05, 0.1) is 31.1 Å². The maximum absolute atomic E-state index is 5.81. The molecule has 1 atom stereocenters. The van der Waals surface area contributed by atoms with Crippen molar-refractivity contribution in [2.24, 2.45) is 12.8 Å². The number of ether oxygens (including phenoxy) is 1. The van der Waals surface area contributed by atoms with Gasteiger partial charge in [-0.25, -0.2) is 9.97 Å². The van der Waals surface area contributed by atoms with E-state index < -0.39 is 0 Å². The third-order valence-electron chi connectivity index (χ3n) is 3.40. The van der Waals surface area contributed by atoms with E-state index in [9.17, 15) is 0 Å². The lowest BCUT2D eigenvalue weighted by molar-refractivity contribution is 0.0960. The van der Waals surface area contributed by atoms with Crippen LogP contribution in [0.15, 0.2) is 18.6 Å². The fourth-order valence-electron chi connectivity index (χ4n) is 2.39. The maximum Gasteiger partial charge on any atom is 0.157 e. The molecule has 3 heterocycles. The van der Waals surface area contributed by atoms with Crippen molar-refractivity contribution in [1.82, 2.24) is 14.5 Å². The summed E-state index contributed by atoms with van der Waals surface area (Å²) >= 11 is 0. The third-order valence-corrected chi connectivity index (χ3v) is 3.40. The summed E-state index contributed by atoms with van der Waals surface area (Å²) in [5.41, 5.74) is 7.82. The van der Waals surface area contributed by atoms with Crippen molar-refractivity contribution in [3.05, 3.63) is 18.6 Å². The second-order valence-corrected chi connectivity index (χ2v) is 4.52. The number of nitrogens with two attached hydrogens (primary N) is 1. The van der Waals surface area contributed by atoms with Crippen LogP contribution in [0.25, 0.3) is 11.0 Å². The number of anilines is 1. The van der Waals surface area contributed by atoms with Crippen LogP contribution in [0.3, 0.4) is 0 Å². The molecule has 18 heavy (non-hydrogen) atoms. The second-order valence-electron chi connectivity index (χ2n) is 4.52. The molecule has 0 spiro atoms. The van der Waals surface area contributed by atoms with Crippen LogP contribution in [0.5, 0.6) is 0 Å². The van der Waals surface area contributed by atoms with E-state index in [4.69, 9.17) is 10.5 Å². The second kappa shape index (κ2) is 4.55. The van der Waals surface area contributed by atoms with Crippen molar-refractivity contribution in [2.75, 3.05) is 31.2 Å². The van der Waals surface area contributed by atoms with Gasteiger partial charge in [-0.3, -0.25) is 0 Å². The maximum atomic E-state index is 5.81.